The van der Waals surface area contributed by atoms with Crippen LogP contribution in [-0.2, 0) is 4.79 Å². The van der Waals surface area contributed by atoms with E-state index in [4.69, 9.17) is 9.98 Å². The number of benzene rings is 2. The molecule has 0 saturated heterocycles. The molecule has 33 heavy (non-hydrogen) atoms. The Balaban J connectivity index is 1.49. The number of fused-ring (bicyclic) bond motifs is 11. The fourth-order valence-electron chi connectivity index (χ4n) is 4.76. The number of carbonyl (C=O) groups is 1. The van der Waals surface area contributed by atoms with Gasteiger partial charge >= 0.3 is 0 Å². The summed E-state index contributed by atoms with van der Waals surface area (Å²) in [5, 5.41) is 7.50. The first kappa shape index (κ1) is 18.1. The summed E-state index contributed by atoms with van der Waals surface area (Å²) < 4.78 is 0. The van der Waals surface area contributed by atoms with Crippen LogP contribution in [0.15, 0.2) is 100 Å². The molecule has 156 valence electrons. The molecule has 0 aliphatic carbocycles. The van der Waals surface area contributed by atoms with Crippen molar-refractivity contribution in [2.45, 2.75) is 6.04 Å². The first-order valence-corrected chi connectivity index (χ1v) is 10.9. The monoisotopic (exact) mass is 426 g/mol. The minimum Gasteiger partial charge on any atom is -0.372 e. The van der Waals surface area contributed by atoms with Gasteiger partial charge in [-0.2, -0.15) is 0 Å². The molecule has 2 N–H and O–H groups in total. The number of aliphatic imine (C=N–C) groups is 2. The molecule has 0 amide bonds. The Labute approximate surface area is 189 Å². The van der Waals surface area contributed by atoms with Gasteiger partial charge in [-0.15, -0.1) is 0 Å². The van der Waals surface area contributed by atoms with Crippen molar-refractivity contribution >= 4 is 45.8 Å². The number of nitrogens with zero attached hydrogens (tertiary/aromatic N) is 2. The van der Waals surface area contributed by atoms with Crippen LogP contribution < -0.4 is 16.0 Å². The first-order chi connectivity index (χ1) is 16.2. The van der Waals surface area contributed by atoms with Crippen LogP contribution in [0.4, 0.5) is 0 Å². The molecular formula is C28H18N4O. The largest absolute Gasteiger partial charge is 0.372 e. The minimum absolute atomic E-state index is 0.0216. The van der Waals surface area contributed by atoms with Crippen molar-refractivity contribution in [2.24, 2.45) is 9.98 Å². The smallest absolute Gasteiger partial charge is 0.183 e. The van der Waals surface area contributed by atoms with E-state index in [0.717, 1.165) is 61.1 Å². The molecule has 8 bridgehead atoms. The molecule has 5 heterocycles. The lowest BCUT2D eigenvalue weighted by atomic mass is 9.95. The number of aromatic nitrogens is 1. The van der Waals surface area contributed by atoms with Crippen LogP contribution in [0.2, 0.25) is 0 Å². The van der Waals surface area contributed by atoms with Gasteiger partial charge in [-0.05, 0) is 59.4 Å². The maximum Gasteiger partial charge on any atom is 0.183 e. The summed E-state index contributed by atoms with van der Waals surface area (Å²) in [6.45, 7) is 0. The number of nitrogens with one attached hydrogen (secondary N) is 2. The number of ketones is 1. The van der Waals surface area contributed by atoms with E-state index in [2.05, 4.69) is 34.6 Å². The summed E-state index contributed by atoms with van der Waals surface area (Å²) in [6.07, 6.45) is 13.6. The number of aromatic amines is 1. The van der Waals surface area contributed by atoms with Crippen molar-refractivity contribution in [3.63, 3.8) is 0 Å². The van der Waals surface area contributed by atoms with Crippen molar-refractivity contribution in [1.29, 1.82) is 0 Å². The van der Waals surface area contributed by atoms with E-state index in [1.165, 1.54) is 0 Å². The quantitative estimate of drug-likeness (QED) is 0.580. The second-order valence-electron chi connectivity index (χ2n) is 8.48. The van der Waals surface area contributed by atoms with Crippen molar-refractivity contribution in [2.75, 3.05) is 0 Å². The highest BCUT2D eigenvalue weighted by atomic mass is 16.1. The highest BCUT2D eigenvalue weighted by Crippen LogP contribution is 2.36. The van der Waals surface area contributed by atoms with Crippen LogP contribution in [0.3, 0.4) is 0 Å². The molecule has 4 aliphatic rings. The third-order valence-electron chi connectivity index (χ3n) is 6.27. The van der Waals surface area contributed by atoms with Gasteiger partial charge < -0.3 is 10.3 Å². The normalized spacial score (nSPS) is 20.2. The van der Waals surface area contributed by atoms with Gasteiger partial charge in [0.05, 0.1) is 22.8 Å². The van der Waals surface area contributed by atoms with E-state index in [1.807, 2.05) is 60.7 Å². The Morgan fingerprint density at radius 3 is 2.64 bits per heavy atom. The van der Waals surface area contributed by atoms with Gasteiger partial charge in [0.1, 0.15) is 6.04 Å². The van der Waals surface area contributed by atoms with E-state index in [0.29, 0.717) is 0 Å². The highest BCUT2D eigenvalue weighted by molar-refractivity contribution is 6.25. The van der Waals surface area contributed by atoms with Crippen molar-refractivity contribution in [1.82, 2.24) is 10.3 Å². The van der Waals surface area contributed by atoms with Crippen molar-refractivity contribution < 1.29 is 4.79 Å². The molecule has 1 atom stereocenters. The number of hydrogen-bond donors (Lipinski definition) is 2. The van der Waals surface area contributed by atoms with Crippen LogP contribution in [0, 0.1) is 0 Å². The van der Waals surface area contributed by atoms with Crippen LogP contribution in [0.25, 0.3) is 28.6 Å². The Morgan fingerprint density at radius 1 is 0.818 bits per heavy atom. The van der Waals surface area contributed by atoms with Crippen molar-refractivity contribution in [3.05, 3.63) is 112 Å². The summed E-state index contributed by atoms with van der Waals surface area (Å²) in [6, 6.07) is 16.1. The molecule has 5 nitrogen and oxygen atoms in total. The van der Waals surface area contributed by atoms with Crippen LogP contribution in [-0.4, -0.2) is 28.2 Å². The van der Waals surface area contributed by atoms with E-state index in [9.17, 15) is 4.79 Å². The Kier molecular flexibility index (Phi) is 3.70. The number of hydrogen-bond acceptors (Lipinski definition) is 4. The van der Waals surface area contributed by atoms with E-state index >= 15 is 0 Å². The summed E-state index contributed by atoms with van der Waals surface area (Å²) in [5.74, 6) is 0.0216. The zero-order chi connectivity index (χ0) is 21.9. The molecule has 1 aromatic heterocycles. The number of carbonyl (C=O) groups excluding carboxylic acids is 1. The van der Waals surface area contributed by atoms with Gasteiger partial charge in [-0.1, -0.05) is 36.4 Å². The Bertz CT molecular complexity index is 1710. The third kappa shape index (κ3) is 2.97. The SMILES string of the molecule is O=C1C=C2C=c3ccc([nH]3)=CC3=NC(=CC4=NC(=CC1N2)c1ccc2ccccc2c14)C=C3. The van der Waals surface area contributed by atoms with Crippen LogP contribution in [0.1, 0.15) is 11.1 Å². The molecule has 1 unspecified atom stereocenters. The molecule has 0 fully saturated rings. The molecule has 7 rings (SSSR count). The lowest BCUT2D eigenvalue weighted by molar-refractivity contribution is -0.114. The van der Waals surface area contributed by atoms with Crippen LogP contribution >= 0.6 is 0 Å². The zero-order valence-corrected chi connectivity index (χ0v) is 17.5. The second-order valence-corrected chi connectivity index (χ2v) is 8.48. The summed E-state index contributed by atoms with van der Waals surface area (Å²) in [7, 11) is 0. The predicted octanol–water partition coefficient (Wildman–Crippen LogP) is 2.91. The molecule has 3 aromatic rings. The predicted molar refractivity (Wildman–Crippen MR) is 132 cm³/mol. The summed E-state index contributed by atoms with van der Waals surface area (Å²) in [5.41, 5.74) is 6.28. The lowest BCUT2D eigenvalue weighted by Crippen LogP contribution is -2.26. The topological polar surface area (TPSA) is 69.6 Å². The first-order valence-electron chi connectivity index (χ1n) is 10.9. The van der Waals surface area contributed by atoms with Gasteiger partial charge in [-0.25, -0.2) is 9.98 Å². The van der Waals surface area contributed by atoms with Crippen molar-refractivity contribution in [3.8, 4) is 0 Å². The zero-order valence-electron chi connectivity index (χ0n) is 17.5. The summed E-state index contributed by atoms with van der Waals surface area (Å²) >= 11 is 0. The maximum atomic E-state index is 12.8. The highest BCUT2D eigenvalue weighted by Gasteiger charge is 2.27. The Hall–Kier alpha value is -4.51. The molecule has 5 heteroatoms. The van der Waals surface area contributed by atoms with E-state index in [1.54, 1.807) is 6.08 Å². The van der Waals surface area contributed by atoms with Gasteiger partial charge in [0.25, 0.3) is 0 Å². The Morgan fingerprint density at radius 2 is 1.70 bits per heavy atom. The fourth-order valence-corrected chi connectivity index (χ4v) is 4.76. The molecule has 0 saturated carbocycles. The second kappa shape index (κ2) is 6.74. The third-order valence-corrected chi connectivity index (χ3v) is 6.27. The molecule has 0 radical (unpaired) electrons. The van der Waals surface area contributed by atoms with E-state index < -0.39 is 6.04 Å². The van der Waals surface area contributed by atoms with Crippen LogP contribution in [0.5, 0.6) is 0 Å². The van der Waals surface area contributed by atoms with Gasteiger partial charge in [0.2, 0.25) is 0 Å². The van der Waals surface area contributed by atoms with E-state index in [-0.39, 0.29) is 5.78 Å². The average Bonchev–Trinajstić information content (AvgIpc) is 3.58. The maximum absolute atomic E-state index is 12.8. The molecule has 2 aromatic carbocycles. The fraction of sp³-hybridized carbons (Fsp3) is 0.0357. The number of allylic oxidation sites excluding steroid dienone is 4. The number of H-pyrrole nitrogens is 1. The standard InChI is InChI=1S/C28H18N4O/c33-27-14-21-12-19-7-6-17(29-19)11-18-8-9-20(30-18)13-26-28-22-4-2-1-3-16(22)5-10-23(28)24(32-26)15-25(27)31-21/h1-15,25,29,31H. The van der Waals surface area contributed by atoms with Gasteiger partial charge in [-0.3, -0.25) is 4.79 Å². The average molecular weight is 426 g/mol. The summed E-state index contributed by atoms with van der Waals surface area (Å²) in [4.78, 5) is 25.9. The molecule has 0 spiro atoms. The molecule has 4 aliphatic heterocycles. The molecular weight excluding hydrogens is 408 g/mol. The van der Waals surface area contributed by atoms with Gasteiger partial charge in [0, 0.05) is 33.6 Å². The number of rotatable bonds is 0. The minimum atomic E-state index is -0.453. The van der Waals surface area contributed by atoms with Gasteiger partial charge in [0.15, 0.2) is 5.78 Å². The lowest BCUT2D eigenvalue weighted by Gasteiger charge is -2.09.